The molecule has 4 saturated heterocycles. The Morgan fingerprint density at radius 3 is 1.52 bits per heavy atom. The minimum Gasteiger partial charge on any atom is -0.480 e. The molecule has 98 heavy (non-hydrogen) atoms. The van der Waals surface area contributed by atoms with Crippen molar-refractivity contribution in [1.29, 1.82) is 0 Å². The van der Waals surface area contributed by atoms with E-state index >= 15 is 4.39 Å². The number of terminal acetylenes is 1. The Kier molecular flexibility index (Phi) is 31.1. The van der Waals surface area contributed by atoms with Gasteiger partial charge in [0.15, 0.2) is 0 Å². The third-order valence-electron chi connectivity index (χ3n) is 15.4. The van der Waals surface area contributed by atoms with Crippen molar-refractivity contribution in [3.8, 4) is 24.2 Å². The summed E-state index contributed by atoms with van der Waals surface area (Å²) in [5, 5.41) is 21.3. The quantitative estimate of drug-likeness (QED) is 0.0132. The molecule has 0 spiro atoms. The number of ether oxygens (including phenoxy) is 3. The van der Waals surface area contributed by atoms with Crippen LogP contribution in [0.4, 0.5) is 54.3 Å². The van der Waals surface area contributed by atoms with E-state index in [9.17, 15) is 55.9 Å². The number of anilines is 4. The zero-order valence-electron chi connectivity index (χ0n) is 55.4. The fourth-order valence-corrected chi connectivity index (χ4v) is 11.1. The Hall–Kier alpha value is -9.01. The summed E-state index contributed by atoms with van der Waals surface area (Å²) in [4.78, 5) is 113. The van der Waals surface area contributed by atoms with Gasteiger partial charge in [-0.2, -0.15) is 13.2 Å². The SMILES string of the molecule is C#CCCC(=O)N1CCN(c2ccc(N3C[C@H](CNC(C)=O)OC3=O)cc2F)CC1.CC(=O)NC[C@H]1CN(c2ccc(N3CCN(C(=O)CCC#Cc4ccc(C[C@H](N)C(=O)O)cc4)CC3)c(F)c2)C(=O)O1.C[C@@H](Cc1ccc(I)cc1)C(=O)OCC[Si](C)(C)C.O=C(O)C(F)(F)F. The average Bonchev–Trinajstić information content (AvgIpc) is 1.44. The van der Waals surface area contributed by atoms with E-state index in [4.69, 9.17) is 41.4 Å². The number of hydrogen-bond donors (Lipinski definition) is 5. The van der Waals surface area contributed by atoms with E-state index in [1.807, 2.05) is 16.7 Å². The number of carboxylic acid groups (broad SMARTS) is 2. The molecule has 4 aliphatic rings. The maximum absolute atomic E-state index is 15.1. The number of nitrogens with one attached hydrogen (secondary N) is 2. The Morgan fingerprint density at radius 2 is 1.12 bits per heavy atom. The lowest BCUT2D eigenvalue weighted by Gasteiger charge is -2.36. The summed E-state index contributed by atoms with van der Waals surface area (Å²) < 4.78 is 78.7. The second-order valence-electron chi connectivity index (χ2n) is 24.5. The second kappa shape index (κ2) is 38.2. The van der Waals surface area contributed by atoms with Gasteiger partial charge in [0.2, 0.25) is 23.6 Å². The molecule has 4 aromatic carbocycles. The fraction of sp³-hybridized carbons (Fsp3) is 0.456. The first-order valence-electron chi connectivity index (χ1n) is 31.5. The number of esters is 1. The largest absolute Gasteiger partial charge is 0.490 e. The Morgan fingerprint density at radius 1 is 0.694 bits per heavy atom. The summed E-state index contributed by atoms with van der Waals surface area (Å²) in [5.41, 5.74) is 9.93. The maximum atomic E-state index is 15.1. The summed E-state index contributed by atoms with van der Waals surface area (Å²) in [6.07, 6.45) is 0.363. The van der Waals surface area contributed by atoms with E-state index in [1.165, 1.54) is 44.9 Å². The van der Waals surface area contributed by atoms with Gasteiger partial charge in [-0.05, 0) is 113 Å². The molecule has 4 atom stereocenters. The van der Waals surface area contributed by atoms with Gasteiger partial charge in [-0.1, -0.05) is 62.7 Å². The Labute approximate surface area is 581 Å². The first-order chi connectivity index (χ1) is 46.2. The molecule has 4 aliphatic heterocycles. The van der Waals surface area contributed by atoms with Gasteiger partial charge >= 0.3 is 36.3 Å². The van der Waals surface area contributed by atoms with Crippen LogP contribution in [0.1, 0.15) is 63.1 Å². The van der Waals surface area contributed by atoms with Crippen LogP contribution in [0, 0.1) is 45.3 Å². The number of hydrogen-bond acceptors (Lipinski definition) is 15. The van der Waals surface area contributed by atoms with Crippen LogP contribution in [0.5, 0.6) is 0 Å². The van der Waals surface area contributed by atoms with Crippen molar-refractivity contribution < 1.29 is 89.5 Å². The number of carbonyl (C=O) groups excluding carboxylic acids is 7. The van der Waals surface area contributed by atoms with Crippen LogP contribution in [0.3, 0.4) is 0 Å². The van der Waals surface area contributed by atoms with Gasteiger partial charge in [-0.3, -0.25) is 38.6 Å². The number of nitrogens with two attached hydrogens (primary N) is 1. The van der Waals surface area contributed by atoms with E-state index in [0.29, 0.717) is 101 Å². The molecule has 530 valence electrons. The van der Waals surface area contributed by atoms with E-state index in [0.717, 1.165) is 23.6 Å². The van der Waals surface area contributed by atoms with E-state index in [2.05, 4.69) is 94.9 Å². The lowest BCUT2D eigenvalue weighted by atomic mass is 10.0. The zero-order valence-corrected chi connectivity index (χ0v) is 58.6. The highest BCUT2D eigenvalue weighted by Gasteiger charge is 2.39. The van der Waals surface area contributed by atoms with E-state index in [1.54, 1.807) is 58.3 Å². The van der Waals surface area contributed by atoms with Crippen LogP contribution in [-0.4, -0.2) is 191 Å². The lowest BCUT2D eigenvalue weighted by molar-refractivity contribution is -0.192. The number of carboxylic acids is 2. The molecule has 0 radical (unpaired) electrons. The third kappa shape index (κ3) is 26.8. The van der Waals surface area contributed by atoms with Crippen LogP contribution in [-0.2, 0) is 60.6 Å². The summed E-state index contributed by atoms with van der Waals surface area (Å²) in [5.74, 6) is 3.19. The number of carbonyl (C=O) groups is 9. The normalized spacial score (nSPS) is 16.5. The van der Waals surface area contributed by atoms with Gasteiger partial charge in [0.1, 0.15) is 29.9 Å². The fourth-order valence-electron chi connectivity index (χ4n) is 9.98. The molecule has 6 amide bonds. The molecular weight excluding hydrogens is 1420 g/mol. The minimum absolute atomic E-state index is 0.0147. The molecule has 4 aromatic rings. The van der Waals surface area contributed by atoms with Crippen molar-refractivity contribution in [3.05, 3.63) is 117 Å². The summed E-state index contributed by atoms with van der Waals surface area (Å²) in [6.45, 7) is 16.9. The first-order valence-corrected chi connectivity index (χ1v) is 36.3. The zero-order chi connectivity index (χ0) is 72.4. The van der Waals surface area contributed by atoms with Crippen molar-refractivity contribution in [3.63, 3.8) is 0 Å². The van der Waals surface area contributed by atoms with Gasteiger partial charge in [-0.15, -0.1) is 12.3 Å². The Balaban J connectivity index is 0.000000269. The van der Waals surface area contributed by atoms with Crippen molar-refractivity contribution in [2.45, 2.75) is 109 Å². The second-order valence-corrected chi connectivity index (χ2v) is 31.3. The van der Waals surface area contributed by atoms with Gasteiger partial charge in [-0.25, -0.2) is 23.2 Å². The summed E-state index contributed by atoms with van der Waals surface area (Å²) in [6, 6.07) is 24.8. The van der Waals surface area contributed by atoms with Crippen LogP contribution in [0.25, 0.3) is 0 Å². The van der Waals surface area contributed by atoms with Crippen molar-refractivity contribution >= 4 is 107 Å². The topological polar surface area (TPSA) is 291 Å². The van der Waals surface area contributed by atoms with Gasteiger partial charge in [0.25, 0.3) is 0 Å². The molecule has 8 rings (SSSR count). The highest BCUT2D eigenvalue weighted by molar-refractivity contribution is 14.1. The van der Waals surface area contributed by atoms with Crippen molar-refractivity contribution in [2.75, 3.05) is 105 Å². The molecule has 6 N–H and O–H groups in total. The van der Waals surface area contributed by atoms with Crippen LogP contribution in [0.15, 0.2) is 84.9 Å². The monoisotopic (exact) mass is 1500 g/mol. The first kappa shape index (κ1) is 79.7. The highest BCUT2D eigenvalue weighted by Crippen LogP contribution is 2.31. The molecule has 4 fully saturated rings. The summed E-state index contributed by atoms with van der Waals surface area (Å²) in [7, 11) is -1.12. The number of nitrogens with zero attached hydrogens (tertiary/aromatic N) is 6. The van der Waals surface area contributed by atoms with Gasteiger partial charge < -0.3 is 60.4 Å². The number of benzene rings is 4. The molecule has 30 heteroatoms. The molecule has 0 unspecified atom stereocenters. The summed E-state index contributed by atoms with van der Waals surface area (Å²) >= 11 is 2.28. The lowest BCUT2D eigenvalue weighted by Crippen LogP contribution is -2.49. The third-order valence-corrected chi connectivity index (χ3v) is 17.9. The molecule has 0 bridgehead atoms. The van der Waals surface area contributed by atoms with E-state index in [-0.39, 0.29) is 74.5 Å². The van der Waals surface area contributed by atoms with Gasteiger partial charge in [0.05, 0.1) is 61.5 Å². The van der Waals surface area contributed by atoms with Crippen molar-refractivity contribution in [2.24, 2.45) is 11.7 Å². The number of rotatable bonds is 21. The molecule has 4 heterocycles. The number of amides is 6. The number of piperazine rings is 2. The van der Waals surface area contributed by atoms with Crippen LogP contribution < -0.4 is 36.0 Å². The number of alkyl halides is 3. The highest BCUT2D eigenvalue weighted by atomic mass is 127. The molecule has 0 aromatic heterocycles. The average molecular weight is 1500 g/mol. The van der Waals surface area contributed by atoms with Gasteiger partial charge in [0, 0.05) is 109 Å². The van der Waals surface area contributed by atoms with Crippen molar-refractivity contribution in [1.82, 2.24) is 20.4 Å². The predicted molar refractivity (Wildman–Crippen MR) is 368 cm³/mol. The maximum Gasteiger partial charge on any atom is 0.490 e. The number of aliphatic carboxylic acids is 2. The van der Waals surface area contributed by atoms with Crippen LogP contribution in [0.2, 0.25) is 25.7 Å². The Bertz CT molecular complexity index is 3530. The smallest absolute Gasteiger partial charge is 0.480 e. The molecular formula is C68H83F5IN9O14Si. The molecule has 0 saturated carbocycles. The predicted octanol–water partition coefficient (Wildman–Crippen LogP) is 8.06. The standard InChI is InChI=1S/C30H34FN5O6.C21H25FN4O4.C15H23IO2Si.C2HF3O2/c1-20(37)33-18-24-19-36(30(41)42-24)23-10-11-27(25(31)17-23)34-12-14-35(15-13-34)28(38)5-3-2-4-21-6-8-22(9-7-21)16-26(32)29(39)40;1-3-4-5-20(28)25-10-8-24(9-11-25)19-7-6-16(12-18(19)22)26-14-17(30-21(26)29)13-23-15(2)27;1-12(11-13-5-7-14(16)8-6-13)15(17)18-9-10-19(2,3)4;3-2(4,5)1(6)7/h6-11,17,24,26H,3,5,12-16,18-19,32H2,1H3,(H,33,37)(H,39,40);1,6-7,12,17H,4-5,8-11,13-14H2,2H3,(H,23,27);5-8,12H,9-11H2,1-4H3;(H,6,7)/t24-,26-;17-;12-;/m000./s1. The van der Waals surface area contributed by atoms with E-state index < -0.39 is 68.3 Å². The number of cyclic esters (lactones) is 2. The number of halogens is 6. The molecule has 23 nitrogen and oxygen atoms in total. The van der Waals surface area contributed by atoms with Crippen LogP contribution >= 0.6 is 22.6 Å². The molecule has 0 aliphatic carbocycles. The minimum atomic E-state index is -5.08.